The average Bonchev–Trinajstić information content (AvgIpc) is 2.77. The van der Waals surface area contributed by atoms with Crippen molar-refractivity contribution in [1.82, 2.24) is 15.2 Å². The molecule has 0 fully saturated rings. The Bertz CT molecular complexity index is 406. The van der Waals surface area contributed by atoms with Gasteiger partial charge in [0.05, 0.1) is 17.7 Å². The summed E-state index contributed by atoms with van der Waals surface area (Å²) in [5.74, 6) is -1.19. The quantitative estimate of drug-likeness (QED) is 0.848. The number of carboxylic acid groups (broad SMARTS) is 1. The molecule has 0 unspecified atom stereocenters. The second-order valence-corrected chi connectivity index (χ2v) is 5.06. The van der Waals surface area contributed by atoms with Gasteiger partial charge in [-0.15, -0.1) is 11.3 Å². The van der Waals surface area contributed by atoms with E-state index < -0.39 is 18.0 Å². The molecule has 6 nitrogen and oxygen atoms in total. The summed E-state index contributed by atoms with van der Waals surface area (Å²) in [7, 11) is 1.61. The molecule has 1 rings (SSSR count). The lowest BCUT2D eigenvalue weighted by Crippen LogP contribution is -2.48. The van der Waals surface area contributed by atoms with Crippen LogP contribution < -0.4 is 5.32 Å². The number of urea groups is 1. The number of nitrogens with zero attached hydrogens (tertiary/aromatic N) is 2. The zero-order chi connectivity index (χ0) is 13.7. The number of hydrogen-bond acceptors (Lipinski definition) is 4. The van der Waals surface area contributed by atoms with Gasteiger partial charge in [-0.25, -0.2) is 14.6 Å². The third-order valence-electron chi connectivity index (χ3n) is 2.44. The molecule has 0 aliphatic heterocycles. The molecule has 1 aromatic heterocycles. The minimum Gasteiger partial charge on any atom is -0.480 e. The fourth-order valence-corrected chi connectivity index (χ4v) is 1.94. The molecule has 0 saturated carbocycles. The lowest BCUT2D eigenvalue weighted by atomic mass is 10.1. The summed E-state index contributed by atoms with van der Waals surface area (Å²) in [5.41, 5.74) is 2.48. The highest BCUT2D eigenvalue weighted by Crippen LogP contribution is 2.06. The first kappa shape index (κ1) is 14.4. The zero-order valence-corrected chi connectivity index (χ0v) is 11.4. The Morgan fingerprint density at radius 3 is 2.67 bits per heavy atom. The molecule has 0 bridgehead atoms. The fourth-order valence-electron chi connectivity index (χ4n) is 1.39. The van der Waals surface area contributed by atoms with Gasteiger partial charge in [-0.3, -0.25) is 0 Å². The Hall–Kier alpha value is -1.63. The molecule has 0 aliphatic rings. The maximum atomic E-state index is 11.8. The van der Waals surface area contributed by atoms with Crippen molar-refractivity contribution in [1.29, 1.82) is 0 Å². The highest BCUT2D eigenvalue weighted by molar-refractivity contribution is 7.07. The van der Waals surface area contributed by atoms with E-state index in [0.29, 0.717) is 6.54 Å². The summed E-state index contributed by atoms with van der Waals surface area (Å²) >= 11 is 1.45. The summed E-state index contributed by atoms with van der Waals surface area (Å²) in [6, 6.07) is -1.29. The van der Waals surface area contributed by atoms with E-state index in [1.54, 1.807) is 26.4 Å². The summed E-state index contributed by atoms with van der Waals surface area (Å²) in [5, 5.41) is 13.3. The SMILES string of the molecule is CC(C)[C@@H](NC(=O)N(C)Cc1cscn1)C(=O)O. The van der Waals surface area contributed by atoms with Crippen LogP contribution in [0.4, 0.5) is 4.79 Å². The van der Waals surface area contributed by atoms with Crippen molar-refractivity contribution < 1.29 is 14.7 Å². The number of nitrogens with one attached hydrogen (secondary N) is 1. The normalized spacial score (nSPS) is 12.2. The number of carbonyl (C=O) groups is 2. The van der Waals surface area contributed by atoms with Gasteiger partial charge in [-0.2, -0.15) is 0 Å². The number of amides is 2. The predicted molar refractivity (Wildman–Crippen MR) is 68.4 cm³/mol. The van der Waals surface area contributed by atoms with Crippen LogP contribution in [0.1, 0.15) is 19.5 Å². The maximum absolute atomic E-state index is 11.8. The van der Waals surface area contributed by atoms with E-state index in [4.69, 9.17) is 5.11 Å². The number of hydrogen-bond donors (Lipinski definition) is 2. The number of rotatable bonds is 5. The number of aliphatic carboxylic acids is 1. The zero-order valence-electron chi connectivity index (χ0n) is 10.6. The predicted octanol–water partition coefficient (Wildman–Crippen LogP) is 1.39. The standard InChI is InChI=1S/C11H17N3O3S/c1-7(2)9(10(15)16)13-11(17)14(3)4-8-5-18-6-12-8/h5-7,9H,4H2,1-3H3,(H,13,17)(H,15,16)/t9-/m1/s1. The fraction of sp³-hybridized carbons (Fsp3) is 0.545. The smallest absolute Gasteiger partial charge is 0.326 e. The third kappa shape index (κ3) is 3.99. The van der Waals surface area contributed by atoms with Crippen LogP contribution in [0.5, 0.6) is 0 Å². The van der Waals surface area contributed by atoms with E-state index in [2.05, 4.69) is 10.3 Å². The van der Waals surface area contributed by atoms with Gasteiger partial charge in [0.2, 0.25) is 0 Å². The second kappa shape index (κ2) is 6.34. The number of aromatic nitrogens is 1. The van der Waals surface area contributed by atoms with Crippen LogP contribution in [-0.4, -0.2) is 40.1 Å². The van der Waals surface area contributed by atoms with Gasteiger partial charge in [0.25, 0.3) is 0 Å². The number of thiazole rings is 1. The Kier molecular flexibility index (Phi) is 5.08. The van der Waals surface area contributed by atoms with E-state index in [1.165, 1.54) is 16.2 Å². The Morgan fingerprint density at radius 1 is 1.56 bits per heavy atom. The van der Waals surface area contributed by atoms with E-state index in [9.17, 15) is 9.59 Å². The van der Waals surface area contributed by atoms with Crippen molar-refractivity contribution in [2.24, 2.45) is 5.92 Å². The van der Waals surface area contributed by atoms with Crippen molar-refractivity contribution in [2.45, 2.75) is 26.4 Å². The summed E-state index contributed by atoms with van der Waals surface area (Å²) in [6.07, 6.45) is 0. The number of carboxylic acids is 1. The molecule has 0 saturated heterocycles. The second-order valence-electron chi connectivity index (χ2n) is 4.35. The molecule has 2 N–H and O–H groups in total. The van der Waals surface area contributed by atoms with Crippen LogP contribution in [0, 0.1) is 5.92 Å². The van der Waals surface area contributed by atoms with E-state index in [-0.39, 0.29) is 5.92 Å². The Morgan fingerprint density at radius 2 is 2.22 bits per heavy atom. The molecule has 2 amide bonds. The largest absolute Gasteiger partial charge is 0.480 e. The Labute approximate surface area is 110 Å². The molecule has 100 valence electrons. The van der Waals surface area contributed by atoms with Gasteiger partial charge in [0.15, 0.2) is 0 Å². The van der Waals surface area contributed by atoms with Gasteiger partial charge in [-0.05, 0) is 5.92 Å². The van der Waals surface area contributed by atoms with Gasteiger partial charge in [0, 0.05) is 12.4 Å². The molecule has 0 spiro atoms. The molecule has 1 atom stereocenters. The minimum atomic E-state index is -1.03. The van der Waals surface area contributed by atoms with Crippen LogP contribution in [0.2, 0.25) is 0 Å². The van der Waals surface area contributed by atoms with Crippen molar-refractivity contribution in [3.05, 3.63) is 16.6 Å². The highest BCUT2D eigenvalue weighted by Gasteiger charge is 2.24. The lowest BCUT2D eigenvalue weighted by Gasteiger charge is -2.22. The summed E-state index contributed by atoms with van der Waals surface area (Å²) in [6.45, 7) is 3.86. The molecule has 0 aromatic carbocycles. The minimum absolute atomic E-state index is 0.167. The summed E-state index contributed by atoms with van der Waals surface area (Å²) in [4.78, 5) is 28.3. The monoisotopic (exact) mass is 271 g/mol. The van der Waals surface area contributed by atoms with Crippen molar-refractivity contribution in [3.8, 4) is 0 Å². The van der Waals surface area contributed by atoms with Crippen LogP contribution in [-0.2, 0) is 11.3 Å². The van der Waals surface area contributed by atoms with Crippen LogP contribution in [0.15, 0.2) is 10.9 Å². The molecule has 0 aliphatic carbocycles. The summed E-state index contributed by atoms with van der Waals surface area (Å²) < 4.78 is 0. The third-order valence-corrected chi connectivity index (χ3v) is 3.08. The molecule has 18 heavy (non-hydrogen) atoms. The molecule has 1 heterocycles. The first-order valence-electron chi connectivity index (χ1n) is 5.53. The van der Waals surface area contributed by atoms with Crippen molar-refractivity contribution in [3.63, 3.8) is 0 Å². The van der Waals surface area contributed by atoms with Crippen LogP contribution in [0.25, 0.3) is 0 Å². The van der Waals surface area contributed by atoms with E-state index in [1.807, 2.05) is 5.38 Å². The van der Waals surface area contributed by atoms with Crippen molar-refractivity contribution in [2.75, 3.05) is 7.05 Å². The van der Waals surface area contributed by atoms with Gasteiger partial charge >= 0.3 is 12.0 Å². The van der Waals surface area contributed by atoms with Gasteiger partial charge < -0.3 is 15.3 Å². The molecular formula is C11H17N3O3S. The van der Waals surface area contributed by atoms with E-state index >= 15 is 0 Å². The molecule has 7 heteroatoms. The first-order valence-corrected chi connectivity index (χ1v) is 6.47. The molecule has 1 aromatic rings. The topological polar surface area (TPSA) is 82.5 Å². The number of carbonyl (C=O) groups excluding carboxylic acids is 1. The van der Waals surface area contributed by atoms with Gasteiger partial charge in [0.1, 0.15) is 6.04 Å². The van der Waals surface area contributed by atoms with Crippen LogP contribution in [0.3, 0.4) is 0 Å². The van der Waals surface area contributed by atoms with Gasteiger partial charge in [-0.1, -0.05) is 13.8 Å². The van der Waals surface area contributed by atoms with Crippen molar-refractivity contribution >= 4 is 23.3 Å². The lowest BCUT2D eigenvalue weighted by molar-refractivity contribution is -0.140. The van der Waals surface area contributed by atoms with E-state index in [0.717, 1.165) is 5.69 Å². The maximum Gasteiger partial charge on any atom is 0.326 e. The van der Waals surface area contributed by atoms with Crippen LogP contribution >= 0.6 is 11.3 Å². The first-order chi connectivity index (χ1) is 8.41. The highest BCUT2D eigenvalue weighted by atomic mass is 32.1. The molecule has 0 radical (unpaired) electrons. The Balaban J connectivity index is 2.56. The average molecular weight is 271 g/mol. The molecular weight excluding hydrogens is 254 g/mol.